The number of carbonyl (C=O) groups excluding carboxylic acids is 1. The molecule has 0 aliphatic rings. The highest BCUT2D eigenvalue weighted by Gasteiger charge is 2.16. The van der Waals surface area contributed by atoms with Crippen LogP contribution in [0.15, 0.2) is 64.6 Å². The monoisotopic (exact) mass is 362 g/mol. The Labute approximate surface area is 143 Å². The molecule has 2 rings (SSSR count). The van der Waals surface area contributed by atoms with E-state index < -0.39 is 27.4 Å². The van der Waals surface area contributed by atoms with Crippen molar-refractivity contribution in [3.8, 4) is 0 Å². The highest BCUT2D eigenvalue weighted by molar-refractivity contribution is 7.89. The summed E-state index contributed by atoms with van der Waals surface area (Å²) in [7, 11) is -3.96. The molecule has 0 heterocycles. The fourth-order valence-corrected chi connectivity index (χ4v) is 2.73. The third-order valence-corrected chi connectivity index (χ3v) is 4.40. The maximum absolute atomic E-state index is 12.0. The van der Waals surface area contributed by atoms with Gasteiger partial charge in [0.15, 0.2) is 0 Å². The maximum Gasteiger partial charge on any atom is 0.269 e. The number of hydrogen-bond donors (Lipinski definition) is 2. The van der Waals surface area contributed by atoms with Gasteiger partial charge in [-0.2, -0.15) is 5.10 Å². The van der Waals surface area contributed by atoms with Crippen molar-refractivity contribution in [2.45, 2.75) is 4.90 Å². The molecule has 10 heteroatoms. The second kappa shape index (κ2) is 8.13. The molecule has 0 aliphatic carbocycles. The summed E-state index contributed by atoms with van der Waals surface area (Å²) in [5.74, 6) is -0.655. The van der Waals surface area contributed by atoms with E-state index in [4.69, 9.17) is 0 Å². The van der Waals surface area contributed by atoms with Crippen LogP contribution < -0.4 is 10.1 Å². The largest absolute Gasteiger partial charge is 0.272 e. The van der Waals surface area contributed by atoms with Crippen molar-refractivity contribution in [3.63, 3.8) is 0 Å². The number of amides is 1. The first-order valence-electron chi connectivity index (χ1n) is 6.99. The molecular weight excluding hydrogens is 348 g/mol. The summed E-state index contributed by atoms with van der Waals surface area (Å²) >= 11 is 0. The van der Waals surface area contributed by atoms with Crippen molar-refractivity contribution in [3.05, 3.63) is 70.3 Å². The Morgan fingerprint density at radius 3 is 2.36 bits per heavy atom. The Hall–Kier alpha value is -3.11. The minimum Gasteiger partial charge on any atom is -0.272 e. The summed E-state index contributed by atoms with van der Waals surface area (Å²) in [6.45, 7) is -0.522. The zero-order chi connectivity index (χ0) is 18.3. The van der Waals surface area contributed by atoms with Crippen LogP contribution in [-0.4, -0.2) is 32.0 Å². The van der Waals surface area contributed by atoms with Gasteiger partial charge in [-0.15, -0.1) is 0 Å². The van der Waals surface area contributed by atoms with Crippen LogP contribution in [0.1, 0.15) is 5.56 Å². The predicted octanol–water partition coefficient (Wildman–Crippen LogP) is 1.02. The zero-order valence-corrected chi connectivity index (χ0v) is 13.6. The van der Waals surface area contributed by atoms with Crippen molar-refractivity contribution >= 4 is 27.8 Å². The number of rotatable bonds is 7. The molecule has 25 heavy (non-hydrogen) atoms. The second-order valence-electron chi connectivity index (χ2n) is 4.78. The molecule has 0 aliphatic heterocycles. The average molecular weight is 362 g/mol. The summed E-state index contributed by atoms with van der Waals surface area (Å²) in [6, 6.07) is 13.3. The fourth-order valence-electron chi connectivity index (χ4n) is 1.75. The highest BCUT2D eigenvalue weighted by atomic mass is 32.2. The third-order valence-electron chi connectivity index (χ3n) is 2.98. The molecule has 2 aromatic rings. The van der Waals surface area contributed by atoms with Gasteiger partial charge in [-0.1, -0.05) is 30.3 Å². The second-order valence-corrected chi connectivity index (χ2v) is 6.55. The highest BCUT2D eigenvalue weighted by Crippen LogP contribution is 2.15. The number of sulfonamides is 1. The smallest absolute Gasteiger partial charge is 0.269 e. The van der Waals surface area contributed by atoms with Gasteiger partial charge >= 0.3 is 0 Å². The molecule has 0 fully saturated rings. The van der Waals surface area contributed by atoms with Crippen molar-refractivity contribution in [1.29, 1.82) is 0 Å². The number of nitro benzene ring substituents is 1. The molecule has 1 amide bonds. The van der Waals surface area contributed by atoms with E-state index in [0.29, 0.717) is 0 Å². The van der Waals surface area contributed by atoms with E-state index in [1.807, 2.05) is 18.2 Å². The molecule has 0 unspecified atom stereocenters. The average Bonchev–Trinajstić information content (AvgIpc) is 2.61. The first-order valence-corrected chi connectivity index (χ1v) is 8.48. The first-order chi connectivity index (χ1) is 11.9. The molecule has 0 bridgehead atoms. The van der Waals surface area contributed by atoms with E-state index in [2.05, 4.69) is 15.2 Å². The number of nitrogens with one attached hydrogen (secondary N) is 2. The molecule has 2 aromatic carbocycles. The zero-order valence-electron chi connectivity index (χ0n) is 12.8. The van der Waals surface area contributed by atoms with E-state index in [0.717, 1.165) is 29.8 Å². The summed E-state index contributed by atoms with van der Waals surface area (Å²) < 4.78 is 26.1. The van der Waals surface area contributed by atoms with Crippen LogP contribution >= 0.6 is 0 Å². The summed E-state index contributed by atoms with van der Waals surface area (Å²) in [6.07, 6.45) is 1.42. The molecule has 0 spiro atoms. The van der Waals surface area contributed by atoms with Crippen molar-refractivity contribution in [2.24, 2.45) is 5.10 Å². The number of benzene rings is 2. The van der Waals surface area contributed by atoms with Crippen LogP contribution in [-0.2, 0) is 14.8 Å². The molecule has 2 N–H and O–H groups in total. The minimum atomic E-state index is -3.96. The fraction of sp³-hybridized carbons (Fsp3) is 0.0667. The van der Waals surface area contributed by atoms with Gasteiger partial charge in [-0.3, -0.25) is 14.9 Å². The molecule has 130 valence electrons. The molecule has 0 radical (unpaired) electrons. The molecular formula is C15H14N4O5S. The number of nitrogens with zero attached hydrogens (tertiary/aromatic N) is 2. The van der Waals surface area contributed by atoms with Crippen LogP contribution in [0.2, 0.25) is 0 Å². The van der Waals surface area contributed by atoms with E-state index >= 15 is 0 Å². The van der Waals surface area contributed by atoms with Crippen molar-refractivity contribution in [2.75, 3.05) is 6.54 Å². The number of hydrazone groups is 1. The number of hydrogen-bond acceptors (Lipinski definition) is 6. The lowest BCUT2D eigenvalue weighted by molar-refractivity contribution is -0.384. The van der Waals surface area contributed by atoms with Crippen molar-refractivity contribution < 1.29 is 18.1 Å². The first kappa shape index (κ1) is 18.2. The standard InChI is InChI=1S/C15H14N4O5S/c20-15(18-16-10-12-4-2-1-3-5-12)11-17-25(23,24)14-8-6-13(7-9-14)19(21)22/h1-10,17H,11H2,(H,18,20). The van der Waals surface area contributed by atoms with Gasteiger partial charge in [0.25, 0.3) is 11.6 Å². The van der Waals surface area contributed by atoms with Crippen LogP contribution in [0, 0.1) is 10.1 Å². The number of carbonyl (C=O) groups is 1. The van der Waals surface area contributed by atoms with Crippen LogP contribution in [0.3, 0.4) is 0 Å². The Bertz CT molecular complexity index is 880. The van der Waals surface area contributed by atoms with Gasteiger partial charge < -0.3 is 0 Å². The Balaban J connectivity index is 1.89. The van der Waals surface area contributed by atoms with Crippen LogP contribution in [0.5, 0.6) is 0 Å². The quantitative estimate of drug-likeness (QED) is 0.431. The lowest BCUT2D eigenvalue weighted by Gasteiger charge is -2.05. The van der Waals surface area contributed by atoms with Gasteiger partial charge in [0.05, 0.1) is 22.6 Å². The Morgan fingerprint density at radius 2 is 1.76 bits per heavy atom. The number of nitro groups is 1. The SMILES string of the molecule is O=C(CNS(=O)(=O)c1ccc([N+](=O)[O-])cc1)NN=Cc1ccccc1. The normalized spacial score (nSPS) is 11.4. The predicted molar refractivity (Wildman–Crippen MR) is 90.5 cm³/mol. The summed E-state index contributed by atoms with van der Waals surface area (Å²) in [4.78, 5) is 21.3. The number of non-ortho nitro benzene ring substituents is 1. The molecule has 0 saturated carbocycles. The summed E-state index contributed by atoms with van der Waals surface area (Å²) in [5, 5.41) is 14.3. The molecule has 0 aromatic heterocycles. The molecule has 9 nitrogen and oxygen atoms in total. The van der Waals surface area contributed by atoms with E-state index in [-0.39, 0.29) is 10.6 Å². The maximum atomic E-state index is 12.0. The minimum absolute atomic E-state index is 0.182. The van der Waals surface area contributed by atoms with Crippen molar-refractivity contribution in [1.82, 2.24) is 10.1 Å². The van der Waals surface area contributed by atoms with Gasteiger partial charge in [0.1, 0.15) is 0 Å². The lowest BCUT2D eigenvalue weighted by atomic mass is 10.2. The van der Waals surface area contributed by atoms with E-state index in [1.54, 1.807) is 12.1 Å². The van der Waals surface area contributed by atoms with Gasteiger partial charge in [-0.05, 0) is 17.7 Å². The van der Waals surface area contributed by atoms with Gasteiger partial charge in [0, 0.05) is 12.1 Å². The molecule has 0 atom stereocenters. The van der Waals surface area contributed by atoms with Gasteiger partial charge in [-0.25, -0.2) is 18.6 Å². The van der Waals surface area contributed by atoms with E-state index in [1.165, 1.54) is 6.21 Å². The lowest BCUT2D eigenvalue weighted by Crippen LogP contribution is -2.34. The topological polar surface area (TPSA) is 131 Å². The van der Waals surface area contributed by atoms with E-state index in [9.17, 15) is 23.3 Å². The third kappa shape index (κ3) is 5.48. The summed E-state index contributed by atoms with van der Waals surface area (Å²) in [5.41, 5.74) is 2.74. The van der Waals surface area contributed by atoms with Crippen LogP contribution in [0.25, 0.3) is 0 Å². The molecule has 0 saturated heterocycles. The van der Waals surface area contributed by atoms with Crippen LogP contribution in [0.4, 0.5) is 5.69 Å². The van der Waals surface area contributed by atoms with Gasteiger partial charge in [0.2, 0.25) is 10.0 Å². The Morgan fingerprint density at radius 1 is 1.12 bits per heavy atom. The Kier molecular flexibility index (Phi) is 5.93.